The van der Waals surface area contributed by atoms with Gasteiger partial charge in [-0.05, 0) is 18.8 Å². The van der Waals surface area contributed by atoms with Gasteiger partial charge in [-0.3, -0.25) is 4.79 Å². The Morgan fingerprint density at radius 3 is 2.40 bits per heavy atom. The number of likely N-dealkylation sites (tertiary alicyclic amines) is 1. The maximum absolute atomic E-state index is 12.4. The van der Waals surface area contributed by atoms with Gasteiger partial charge in [0, 0.05) is 32.1 Å². The van der Waals surface area contributed by atoms with Crippen molar-refractivity contribution in [2.24, 2.45) is 17.8 Å². The summed E-state index contributed by atoms with van der Waals surface area (Å²) in [6.07, 6.45) is 4.75. The van der Waals surface area contributed by atoms with Crippen LogP contribution in [0, 0.1) is 17.8 Å². The highest BCUT2D eigenvalue weighted by Gasteiger charge is 2.40. The fourth-order valence-electron chi connectivity index (χ4n) is 3.42. The maximum atomic E-state index is 12.4. The van der Waals surface area contributed by atoms with Crippen LogP contribution in [-0.2, 0) is 4.79 Å². The largest absolute Gasteiger partial charge is 0.481 e. The third-order valence-corrected chi connectivity index (χ3v) is 5.14. The Labute approximate surface area is 120 Å². The minimum absolute atomic E-state index is 0.0672. The summed E-state index contributed by atoms with van der Waals surface area (Å²) < 4.78 is 0. The number of carbonyl (C=O) groups excluding carboxylic acids is 1. The monoisotopic (exact) mass is 282 g/mol. The number of nitrogens with zero attached hydrogens (tertiary/aromatic N) is 2. The Morgan fingerprint density at radius 2 is 1.85 bits per heavy atom. The Kier molecular flexibility index (Phi) is 4.55. The normalized spacial score (nSPS) is 28.6. The van der Waals surface area contributed by atoms with E-state index in [2.05, 4.69) is 6.92 Å². The van der Waals surface area contributed by atoms with Gasteiger partial charge in [-0.1, -0.05) is 26.7 Å². The highest BCUT2D eigenvalue weighted by Crippen LogP contribution is 2.30. The topological polar surface area (TPSA) is 60.9 Å². The van der Waals surface area contributed by atoms with Crippen molar-refractivity contribution in [2.45, 2.75) is 45.6 Å². The molecule has 0 aromatic heterocycles. The number of carboxylic acid groups (broad SMARTS) is 1. The lowest BCUT2D eigenvalue weighted by atomic mass is 9.84. The van der Waals surface area contributed by atoms with E-state index in [1.54, 1.807) is 11.8 Å². The second-order valence-corrected chi connectivity index (χ2v) is 6.51. The number of amides is 2. The lowest BCUT2D eigenvalue weighted by molar-refractivity contribution is -0.145. The molecule has 5 nitrogen and oxygen atoms in total. The van der Waals surface area contributed by atoms with Crippen LogP contribution in [-0.4, -0.2) is 53.1 Å². The lowest BCUT2D eigenvalue weighted by Crippen LogP contribution is -2.58. The quantitative estimate of drug-likeness (QED) is 0.863. The molecule has 2 rings (SSSR count). The van der Waals surface area contributed by atoms with E-state index in [0.717, 1.165) is 6.42 Å². The van der Waals surface area contributed by atoms with Crippen LogP contribution in [0.5, 0.6) is 0 Å². The van der Waals surface area contributed by atoms with Crippen molar-refractivity contribution in [3.05, 3.63) is 0 Å². The smallest absolute Gasteiger partial charge is 0.320 e. The van der Waals surface area contributed by atoms with Gasteiger partial charge >= 0.3 is 12.0 Å². The molecule has 1 heterocycles. The summed E-state index contributed by atoms with van der Waals surface area (Å²) in [7, 11) is 1.89. The van der Waals surface area contributed by atoms with Crippen LogP contribution >= 0.6 is 0 Å². The van der Waals surface area contributed by atoms with Crippen molar-refractivity contribution in [2.75, 3.05) is 20.1 Å². The summed E-state index contributed by atoms with van der Waals surface area (Å²) in [5.41, 5.74) is 0. The van der Waals surface area contributed by atoms with Gasteiger partial charge in [0.05, 0.1) is 5.92 Å². The molecule has 0 aromatic rings. The third kappa shape index (κ3) is 2.91. The molecular weight excluding hydrogens is 256 g/mol. The van der Waals surface area contributed by atoms with E-state index in [1.807, 2.05) is 11.9 Å². The molecule has 114 valence electrons. The molecule has 2 fully saturated rings. The molecule has 1 aliphatic carbocycles. The van der Waals surface area contributed by atoms with Crippen molar-refractivity contribution in [1.29, 1.82) is 0 Å². The van der Waals surface area contributed by atoms with Gasteiger partial charge in [0.15, 0.2) is 0 Å². The average Bonchev–Trinajstić information content (AvgIpc) is 2.36. The van der Waals surface area contributed by atoms with Crippen molar-refractivity contribution >= 4 is 12.0 Å². The molecule has 20 heavy (non-hydrogen) atoms. The SMILES string of the molecule is CC1CCCCC1N(C)C(=O)N1CC(C(C)C(=O)O)C1. The minimum Gasteiger partial charge on any atom is -0.481 e. The number of hydrogen-bond donors (Lipinski definition) is 1. The summed E-state index contributed by atoms with van der Waals surface area (Å²) in [5, 5.41) is 8.98. The molecule has 0 radical (unpaired) electrons. The van der Waals surface area contributed by atoms with Crippen molar-refractivity contribution in [1.82, 2.24) is 9.80 Å². The third-order valence-electron chi connectivity index (χ3n) is 5.14. The van der Waals surface area contributed by atoms with E-state index in [4.69, 9.17) is 5.11 Å². The van der Waals surface area contributed by atoms with Crippen LogP contribution in [0.3, 0.4) is 0 Å². The second-order valence-electron chi connectivity index (χ2n) is 6.51. The minimum atomic E-state index is -0.767. The van der Waals surface area contributed by atoms with E-state index >= 15 is 0 Å². The van der Waals surface area contributed by atoms with Gasteiger partial charge < -0.3 is 14.9 Å². The van der Waals surface area contributed by atoms with E-state index in [9.17, 15) is 9.59 Å². The Bertz CT molecular complexity index is 379. The number of carboxylic acids is 1. The summed E-state index contributed by atoms with van der Waals surface area (Å²) in [6.45, 7) is 5.11. The Balaban J connectivity index is 1.85. The number of rotatable bonds is 3. The lowest BCUT2D eigenvalue weighted by Gasteiger charge is -2.45. The van der Waals surface area contributed by atoms with Crippen LogP contribution in [0.15, 0.2) is 0 Å². The molecule has 0 spiro atoms. The first-order valence-electron chi connectivity index (χ1n) is 7.66. The predicted molar refractivity (Wildman–Crippen MR) is 76.4 cm³/mol. The second kappa shape index (κ2) is 6.02. The van der Waals surface area contributed by atoms with Crippen LogP contribution in [0.25, 0.3) is 0 Å². The zero-order chi connectivity index (χ0) is 14.9. The van der Waals surface area contributed by atoms with E-state index in [0.29, 0.717) is 25.0 Å². The molecule has 0 aromatic carbocycles. The number of aliphatic carboxylic acids is 1. The van der Waals surface area contributed by atoms with Gasteiger partial charge in [0.1, 0.15) is 0 Å². The summed E-state index contributed by atoms with van der Waals surface area (Å²) >= 11 is 0. The molecule has 2 aliphatic rings. The standard InChI is InChI=1S/C15H26N2O3/c1-10-6-4-5-7-13(10)16(3)15(20)17-8-12(9-17)11(2)14(18)19/h10-13H,4-9H2,1-3H3,(H,18,19). The fourth-order valence-corrected chi connectivity index (χ4v) is 3.42. The molecule has 1 saturated heterocycles. The Morgan fingerprint density at radius 1 is 1.25 bits per heavy atom. The molecule has 1 N–H and O–H groups in total. The van der Waals surface area contributed by atoms with Crippen molar-refractivity contribution in [3.63, 3.8) is 0 Å². The van der Waals surface area contributed by atoms with Crippen LogP contribution in [0.1, 0.15) is 39.5 Å². The highest BCUT2D eigenvalue weighted by atomic mass is 16.4. The first-order chi connectivity index (χ1) is 9.41. The summed E-state index contributed by atoms with van der Waals surface area (Å²) in [5.74, 6) is -0.462. The zero-order valence-corrected chi connectivity index (χ0v) is 12.7. The first kappa shape index (κ1) is 15.1. The molecular formula is C15H26N2O3. The number of hydrogen-bond acceptors (Lipinski definition) is 2. The highest BCUT2D eigenvalue weighted by molar-refractivity contribution is 5.76. The van der Waals surface area contributed by atoms with E-state index in [1.165, 1.54) is 19.3 Å². The molecule has 1 aliphatic heterocycles. The fraction of sp³-hybridized carbons (Fsp3) is 0.867. The van der Waals surface area contributed by atoms with Gasteiger partial charge in [0.25, 0.3) is 0 Å². The molecule has 3 atom stereocenters. The molecule has 5 heteroatoms. The molecule has 3 unspecified atom stereocenters. The molecule has 1 saturated carbocycles. The van der Waals surface area contributed by atoms with Gasteiger partial charge in [-0.2, -0.15) is 0 Å². The summed E-state index contributed by atoms with van der Waals surface area (Å²) in [4.78, 5) is 27.0. The number of urea groups is 1. The van der Waals surface area contributed by atoms with Gasteiger partial charge in [-0.25, -0.2) is 4.79 Å². The van der Waals surface area contributed by atoms with Crippen LogP contribution in [0.2, 0.25) is 0 Å². The zero-order valence-electron chi connectivity index (χ0n) is 12.7. The van der Waals surface area contributed by atoms with E-state index in [-0.39, 0.29) is 17.9 Å². The van der Waals surface area contributed by atoms with Gasteiger partial charge in [0.2, 0.25) is 0 Å². The van der Waals surface area contributed by atoms with Gasteiger partial charge in [-0.15, -0.1) is 0 Å². The van der Waals surface area contributed by atoms with E-state index < -0.39 is 5.97 Å². The van der Waals surface area contributed by atoms with Crippen molar-refractivity contribution in [3.8, 4) is 0 Å². The predicted octanol–water partition coefficient (Wildman–Crippen LogP) is 2.27. The molecule has 0 bridgehead atoms. The Hall–Kier alpha value is -1.26. The average molecular weight is 282 g/mol. The van der Waals surface area contributed by atoms with Crippen LogP contribution < -0.4 is 0 Å². The first-order valence-corrected chi connectivity index (χ1v) is 7.66. The number of carbonyl (C=O) groups is 2. The van der Waals surface area contributed by atoms with Crippen molar-refractivity contribution < 1.29 is 14.7 Å². The maximum Gasteiger partial charge on any atom is 0.320 e. The summed E-state index contributed by atoms with van der Waals surface area (Å²) in [6, 6.07) is 0.407. The molecule has 2 amide bonds. The van der Waals surface area contributed by atoms with Crippen LogP contribution in [0.4, 0.5) is 4.79 Å².